The van der Waals surface area contributed by atoms with Gasteiger partial charge < -0.3 is 9.64 Å². The van der Waals surface area contributed by atoms with Gasteiger partial charge >= 0.3 is 0 Å². The van der Waals surface area contributed by atoms with Gasteiger partial charge in [-0.15, -0.1) is 11.3 Å². The van der Waals surface area contributed by atoms with Crippen LogP contribution in [0.5, 0.6) is 5.75 Å². The number of aromatic nitrogens is 1. The SMILES string of the molecule is CCN(CC)C(=O)CN(C)Cc1csc(COc2ccc(F)cc2)n1. The minimum atomic E-state index is -0.286. The van der Waals surface area contributed by atoms with Gasteiger partial charge in [0, 0.05) is 25.0 Å². The largest absolute Gasteiger partial charge is 0.486 e. The summed E-state index contributed by atoms with van der Waals surface area (Å²) in [4.78, 5) is 20.4. The fourth-order valence-electron chi connectivity index (χ4n) is 2.40. The topological polar surface area (TPSA) is 45.7 Å². The summed E-state index contributed by atoms with van der Waals surface area (Å²) in [7, 11) is 1.91. The lowest BCUT2D eigenvalue weighted by atomic mass is 10.3. The molecule has 136 valence electrons. The van der Waals surface area contributed by atoms with Crippen LogP contribution in [0.2, 0.25) is 0 Å². The number of amides is 1. The summed E-state index contributed by atoms with van der Waals surface area (Å²) in [6, 6.07) is 5.92. The molecule has 0 unspecified atom stereocenters. The molecule has 2 rings (SSSR count). The number of carbonyl (C=O) groups is 1. The molecule has 1 heterocycles. The summed E-state index contributed by atoms with van der Waals surface area (Å²) in [5.74, 6) is 0.453. The summed E-state index contributed by atoms with van der Waals surface area (Å²) in [6.45, 7) is 6.75. The maximum absolute atomic E-state index is 12.9. The fraction of sp³-hybridized carbons (Fsp3) is 0.444. The van der Waals surface area contributed by atoms with Crippen molar-refractivity contribution in [3.8, 4) is 5.75 Å². The van der Waals surface area contributed by atoms with Crippen LogP contribution >= 0.6 is 11.3 Å². The van der Waals surface area contributed by atoms with E-state index in [0.29, 0.717) is 25.4 Å². The van der Waals surface area contributed by atoms with E-state index in [4.69, 9.17) is 4.74 Å². The maximum Gasteiger partial charge on any atom is 0.236 e. The zero-order valence-corrected chi connectivity index (χ0v) is 15.7. The summed E-state index contributed by atoms with van der Waals surface area (Å²) < 4.78 is 18.5. The van der Waals surface area contributed by atoms with Gasteiger partial charge in [-0.05, 0) is 45.2 Å². The summed E-state index contributed by atoms with van der Waals surface area (Å²) in [5, 5.41) is 2.82. The van der Waals surface area contributed by atoms with Gasteiger partial charge in [0.05, 0.1) is 12.2 Å². The van der Waals surface area contributed by atoms with E-state index in [1.807, 2.05) is 36.1 Å². The Kier molecular flexibility index (Phi) is 7.33. The molecule has 0 bridgehead atoms. The molecule has 0 aliphatic rings. The number of nitrogens with zero attached hydrogens (tertiary/aromatic N) is 3. The van der Waals surface area contributed by atoms with E-state index in [1.54, 1.807) is 12.1 Å². The minimum absolute atomic E-state index is 0.127. The molecule has 5 nitrogen and oxygen atoms in total. The average Bonchev–Trinajstić information content (AvgIpc) is 3.02. The highest BCUT2D eigenvalue weighted by Crippen LogP contribution is 2.16. The van der Waals surface area contributed by atoms with Crippen molar-refractivity contribution in [3.05, 3.63) is 46.2 Å². The van der Waals surface area contributed by atoms with Crippen molar-refractivity contribution < 1.29 is 13.9 Å². The van der Waals surface area contributed by atoms with E-state index in [2.05, 4.69) is 4.98 Å². The second-order valence-electron chi connectivity index (χ2n) is 5.71. The third-order valence-corrected chi connectivity index (χ3v) is 4.60. The second-order valence-corrected chi connectivity index (χ2v) is 6.66. The number of likely N-dealkylation sites (N-methyl/N-ethyl adjacent to an activating group) is 2. The van der Waals surface area contributed by atoms with Crippen molar-refractivity contribution in [2.75, 3.05) is 26.7 Å². The quantitative estimate of drug-likeness (QED) is 0.685. The average molecular weight is 365 g/mol. The molecule has 7 heteroatoms. The summed E-state index contributed by atoms with van der Waals surface area (Å²) in [5.41, 5.74) is 0.914. The third kappa shape index (κ3) is 6.10. The van der Waals surface area contributed by atoms with Crippen molar-refractivity contribution in [2.45, 2.75) is 27.0 Å². The van der Waals surface area contributed by atoms with Crippen molar-refractivity contribution in [1.82, 2.24) is 14.8 Å². The Morgan fingerprint density at radius 1 is 1.24 bits per heavy atom. The van der Waals surface area contributed by atoms with Crippen LogP contribution in [-0.4, -0.2) is 47.4 Å². The Balaban J connectivity index is 1.82. The molecule has 1 amide bonds. The Morgan fingerprint density at radius 3 is 2.56 bits per heavy atom. The highest BCUT2D eigenvalue weighted by Gasteiger charge is 2.13. The number of benzene rings is 1. The zero-order chi connectivity index (χ0) is 18.2. The lowest BCUT2D eigenvalue weighted by molar-refractivity contribution is -0.131. The van der Waals surface area contributed by atoms with Crippen LogP contribution in [-0.2, 0) is 17.9 Å². The number of thiazole rings is 1. The van der Waals surface area contributed by atoms with Gasteiger partial charge in [0.15, 0.2) is 0 Å². The van der Waals surface area contributed by atoms with Crippen molar-refractivity contribution >= 4 is 17.2 Å². The Labute approximate surface area is 152 Å². The number of hydrogen-bond acceptors (Lipinski definition) is 5. The van der Waals surface area contributed by atoms with Crippen molar-refractivity contribution in [2.24, 2.45) is 0 Å². The van der Waals surface area contributed by atoms with E-state index in [9.17, 15) is 9.18 Å². The van der Waals surface area contributed by atoms with Gasteiger partial charge in [0.1, 0.15) is 23.2 Å². The normalized spacial score (nSPS) is 10.9. The first-order chi connectivity index (χ1) is 12.0. The summed E-state index contributed by atoms with van der Waals surface area (Å²) in [6.07, 6.45) is 0. The zero-order valence-electron chi connectivity index (χ0n) is 14.9. The van der Waals surface area contributed by atoms with Gasteiger partial charge in [-0.3, -0.25) is 9.69 Å². The lowest BCUT2D eigenvalue weighted by Gasteiger charge is -2.22. The smallest absolute Gasteiger partial charge is 0.236 e. The van der Waals surface area contributed by atoms with Gasteiger partial charge in [0.2, 0.25) is 5.91 Å². The van der Waals surface area contributed by atoms with Gasteiger partial charge in [-0.1, -0.05) is 0 Å². The molecule has 0 N–H and O–H groups in total. The molecule has 1 aromatic carbocycles. The van der Waals surface area contributed by atoms with Crippen molar-refractivity contribution in [1.29, 1.82) is 0 Å². The molecule has 0 fully saturated rings. The highest BCUT2D eigenvalue weighted by atomic mass is 32.1. The molecule has 2 aromatic rings. The molecule has 0 saturated heterocycles. The molecule has 0 spiro atoms. The van der Waals surface area contributed by atoms with Crippen LogP contribution in [0.25, 0.3) is 0 Å². The standard InChI is InChI=1S/C18H24FN3O2S/c1-4-22(5-2)18(23)11-21(3)10-15-13-25-17(20-15)12-24-16-8-6-14(19)7-9-16/h6-9,13H,4-5,10-12H2,1-3H3. The van der Waals surface area contributed by atoms with Crippen LogP contribution in [0.4, 0.5) is 4.39 Å². The molecule has 1 aromatic heterocycles. The first-order valence-electron chi connectivity index (χ1n) is 8.29. The van der Waals surface area contributed by atoms with Crippen LogP contribution in [0.15, 0.2) is 29.6 Å². The van der Waals surface area contributed by atoms with E-state index in [0.717, 1.165) is 23.8 Å². The minimum Gasteiger partial charge on any atom is -0.486 e. The molecular weight excluding hydrogens is 341 g/mol. The molecule has 0 saturated carbocycles. The maximum atomic E-state index is 12.9. The summed E-state index contributed by atoms with van der Waals surface area (Å²) >= 11 is 1.52. The second kappa shape index (κ2) is 9.48. The van der Waals surface area contributed by atoms with Crippen LogP contribution in [0.1, 0.15) is 24.5 Å². The van der Waals surface area contributed by atoms with Crippen molar-refractivity contribution in [3.63, 3.8) is 0 Å². The van der Waals surface area contributed by atoms with E-state index in [-0.39, 0.29) is 11.7 Å². The number of halogens is 1. The van der Waals surface area contributed by atoms with E-state index < -0.39 is 0 Å². The van der Waals surface area contributed by atoms with Gasteiger partial charge in [-0.2, -0.15) is 0 Å². The predicted molar refractivity (Wildman–Crippen MR) is 97.1 cm³/mol. The number of carbonyl (C=O) groups excluding carboxylic acids is 1. The third-order valence-electron chi connectivity index (χ3n) is 3.73. The van der Waals surface area contributed by atoms with Gasteiger partial charge in [-0.25, -0.2) is 9.37 Å². The molecule has 0 atom stereocenters. The number of rotatable bonds is 9. The predicted octanol–water partition coefficient (Wildman–Crippen LogP) is 3.16. The molecular formula is C18H24FN3O2S. The van der Waals surface area contributed by atoms with E-state index in [1.165, 1.54) is 23.5 Å². The molecule has 0 aliphatic carbocycles. The number of ether oxygens (including phenoxy) is 1. The Bertz CT molecular complexity index is 671. The molecule has 0 radical (unpaired) electrons. The Morgan fingerprint density at radius 2 is 1.92 bits per heavy atom. The monoisotopic (exact) mass is 365 g/mol. The molecule has 0 aliphatic heterocycles. The molecule has 25 heavy (non-hydrogen) atoms. The lowest BCUT2D eigenvalue weighted by Crippen LogP contribution is -2.38. The Hall–Kier alpha value is -1.99. The van der Waals surface area contributed by atoms with Crippen LogP contribution < -0.4 is 4.74 Å². The van der Waals surface area contributed by atoms with Crippen LogP contribution in [0.3, 0.4) is 0 Å². The van der Waals surface area contributed by atoms with Crippen LogP contribution in [0, 0.1) is 5.82 Å². The highest BCUT2D eigenvalue weighted by molar-refractivity contribution is 7.09. The van der Waals surface area contributed by atoms with Gasteiger partial charge in [0.25, 0.3) is 0 Å². The first kappa shape index (κ1) is 19.3. The fourth-order valence-corrected chi connectivity index (χ4v) is 3.10. The number of hydrogen-bond donors (Lipinski definition) is 0. The van der Waals surface area contributed by atoms with E-state index >= 15 is 0 Å². The first-order valence-corrected chi connectivity index (χ1v) is 9.17.